The van der Waals surface area contributed by atoms with E-state index in [1.54, 1.807) is 4.68 Å². The van der Waals surface area contributed by atoms with Gasteiger partial charge in [-0.25, -0.2) is 4.79 Å². The molecule has 1 N–H and O–H groups in total. The van der Waals surface area contributed by atoms with Gasteiger partial charge in [-0.3, -0.25) is 4.79 Å². The van der Waals surface area contributed by atoms with Crippen LogP contribution in [0.3, 0.4) is 0 Å². The number of thiophene rings is 1. The van der Waals surface area contributed by atoms with E-state index in [9.17, 15) is 9.59 Å². The Morgan fingerprint density at radius 2 is 2.00 bits per heavy atom. The number of tetrazole rings is 1. The van der Waals surface area contributed by atoms with Crippen LogP contribution in [0.25, 0.3) is 5.69 Å². The largest absolute Gasteiger partial charge is 0.465 e. The van der Waals surface area contributed by atoms with Gasteiger partial charge in [-0.05, 0) is 42.0 Å². The Bertz CT molecular complexity index is 968. The average Bonchev–Trinajstić information content (AvgIpc) is 3.25. The van der Waals surface area contributed by atoms with Crippen LogP contribution in [0.2, 0.25) is 0 Å². The lowest BCUT2D eigenvalue weighted by molar-refractivity contribution is -0.113. The summed E-state index contributed by atoms with van der Waals surface area (Å²) in [6, 6.07) is 9.42. The highest BCUT2D eigenvalue weighted by molar-refractivity contribution is 7.99. The van der Waals surface area contributed by atoms with Crippen LogP contribution < -0.4 is 5.32 Å². The molecule has 140 valence electrons. The van der Waals surface area contributed by atoms with Crippen LogP contribution in [0.5, 0.6) is 0 Å². The Labute approximate surface area is 163 Å². The van der Waals surface area contributed by atoms with Crippen molar-refractivity contribution in [1.82, 2.24) is 20.2 Å². The maximum atomic E-state index is 12.4. The topological polar surface area (TPSA) is 99.0 Å². The monoisotopic (exact) mass is 403 g/mol. The van der Waals surface area contributed by atoms with Gasteiger partial charge >= 0.3 is 5.97 Å². The Morgan fingerprint density at radius 3 is 2.70 bits per heavy atom. The molecule has 0 aliphatic heterocycles. The van der Waals surface area contributed by atoms with Gasteiger partial charge in [0.2, 0.25) is 11.1 Å². The average molecular weight is 403 g/mol. The quantitative estimate of drug-likeness (QED) is 0.499. The number of thioether (sulfide) groups is 1. The lowest BCUT2D eigenvalue weighted by Gasteiger charge is -2.06. The van der Waals surface area contributed by atoms with Crippen LogP contribution in [0.1, 0.15) is 20.8 Å². The second kappa shape index (κ2) is 8.31. The number of aryl methyl sites for hydroxylation is 1. The highest BCUT2D eigenvalue weighted by Gasteiger charge is 2.22. The Balaban J connectivity index is 1.70. The summed E-state index contributed by atoms with van der Waals surface area (Å²) >= 11 is 2.56. The van der Waals surface area contributed by atoms with Gasteiger partial charge in [0.1, 0.15) is 5.00 Å². The predicted octanol–water partition coefficient (Wildman–Crippen LogP) is 2.86. The molecule has 10 heteroatoms. The number of para-hydroxylation sites is 1. The third kappa shape index (κ3) is 4.17. The van der Waals surface area contributed by atoms with E-state index in [-0.39, 0.29) is 11.7 Å². The maximum absolute atomic E-state index is 12.4. The third-order valence-corrected chi connectivity index (χ3v) is 5.84. The lowest BCUT2D eigenvalue weighted by Crippen LogP contribution is -2.16. The van der Waals surface area contributed by atoms with Crippen molar-refractivity contribution in [2.24, 2.45) is 0 Å². The smallest absolute Gasteiger partial charge is 0.341 e. The zero-order valence-corrected chi connectivity index (χ0v) is 16.6. The minimum absolute atomic E-state index is 0.101. The van der Waals surface area contributed by atoms with Crippen molar-refractivity contribution in [3.63, 3.8) is 0 Å². The molecule has 0 spiro atoms. The summed E-state index contributed by atoms with van der Waals surface area (Å²) in [5.74, 6) is -0.620. The number of amides is 1. The molecule has 27 heavy (non-hydrogen) atoms. The Hall–Kier alpha value is -2.72. The van der Waals surface area contributed by atoms with Crippen LogP contribution in [-0.2, 0) is 9.53 Å². The third-order valence-electron chi connectivity index (χ3n) is 3.80. The molecule has 0 bridgehead atoms. The first-order chi connectivity index (χ1) is 13.0. The number of anilines is 1. The molecule has 0 aliphatic rings. The number of rotatable bonds is 6. The Morgan fingerprint density at radius 1 is 1.26 bits per heavy atom. The number of hydrogen-bond acceptors (Lipinski definition) is 8. The molecule has 0 atom stereocenters. The van der Waals surface area contributed by atoms with Crippen molar-refractivity contribution in [2.45, 2.75) is 19.0 Å². The number of esters is 1. The fraction of sp³-hybridized carbons (Fsp3) is 0.235. The van der Waals surface area contributed by atoms with Crippen molar-refractivity contribution in [3.8, 4) is 5.69 Å². The van der Waals surface area contributed by atoms with Crippen LogP contribution in [0.4, 0.5) is 5.00 Å². The maximum Gasteiger partial charge on any atom is 0.341 e. The number of nitrogens with zero attached hydrogens (tertiary/aromatic N) is 4. The standard InChI is InChI=1S/C17H17N5O3S2/c1-10-11(2)27-15(14(10)16(24)25-3)18-13(23)9-26-17-19-20-21-22(17)12-7-5-4-6-8-12/h4-8H,9H2,1-3H3,(H,18,23). The number of carbonyl (C=O) groups excluding carboxylic acids is 2. The second-order valence-corrected chi connectivity index (χ2v) is 7.69. The van der Waals surface area contributed by atoms with Crippen LogP contribution in [-0.4, -0.2) is 44.9 Å². The highest BCUT2D eigenvalue weighted by Crippen LogP contribution is 2.33. The molecule has 2 aromatic heterocycles. The molecule has 0 fully saturated rings. The number of carbonyl (C=O) groups is 2. The van der Waals surface area contributed by atoms with E-state index in [2.05, 4.69) is 20.8 Å². The van der Waals surface area contributed by atoms with Crippen molar-refractivity contribution in [1.29, 1.82) is 0 Å². The van der Waals surface area contributed by atoms with E-state index in [1.807, 2.05) is 44.2 Å². The fourth-order valence-electron chi connectivity index (χ4n) is 2.36. The predicted molar refractivity (Wildman–Crippen MR) is 104 cm³/mol. The van der Waals surface area contributed by atoms with Crippen LogP contribution in [0, 0.1) is 13.8 Å². The zero-order valence-electron chi connectivity index (χ0n) is 14.9. The summed E-state index contributed by atoms with van der Waals surface area (Å²) in [6.07, 6.45) is 0. The summed E-state index contributed by atoms with van der Waals surface area (Å²) in [4.78, 5) is 25.3. The number of aromatic nitrogens is 4. The van der Waals surface area contributed by atoms with E-state index in [0.717, 1.165) is 16.1 Å². The van der Waals surface area contributed by atoms with Gasteiger partial charge in [0.15, 0.2) is 0 Å². The number of hydrogen-bond donors (Lipinski definition) is 1. The summed E-state index contributed by atoms with van der Waals surface area (Å²) in [6.45, 7) is 3.72. The molecule has 0 unspecified atom stereocenters. The number of ether oxygens (including phenoxy) is 1. The molecular formula is C17H17N5O3S2. The van der Waals surface area contributed by atoms with Gasteiger partial charge in [-0.1, -0.05) is 30.0 Å². The van der Waals surface area contributed by atoms with Gasteiger partial charge in [0.25, 0.3) is 0 Å². The van der Waals surface area contributed by atoms with Crippen molar-refractivity contribution in [2.75, 3.05) is 18.2 Å². The molecular weight excluding hydrogens is 386 g/mol. The summed E-state index contributed by atoms with van der Waals surface area (Å²) in [7, 11) is 1.32. The van der Waals surface area contributed by atoms with Gasteiger partial charge in [-0.2, -0.15) is 4.68 Å². The van der Waals surface area contributed by atoms with Crippen LogP contribution in [0.15, 0.2) is 35.5 Å². The van der Waals surface area contributed by atoms with Crippen molar-refractivity contribution >= 4 is 40.0 Å². The Kier molecular flexibility index (Phi) is 5.87. The van der Waals surface area contributed by atoms with E-state index in [4.69, 9.17) is 4.74 Å². The number of nitrogens with one attached hydrogen (secondary N) is 1. The van der Waals surface area contributed by atoms with Crippen molar-refractivity contribution < 1.29 is 14.3 Å². The molecule has 0 saturated carbocycles. The molecule has 2 heterocycles. The minimum atomic E-state index is -0.465. The number of benzene rings is 1. The van der Waals surface area contributed by atoms with Gasteiger partial charge in [0.05, 0.1) is 24.1 Å². The van der Waals surface area contributed by atoms with Gasteiger partial charge in [0, 0.05) is 4.88 Å². The molecule has 0 radical (unpaired) electrons. The lowest BCUT2D eigenvalue weighted by atomic mass is 10.1. The van der Waals surface area contributed by atoms with E-state index >= 15 is 0 Å². The molecule has 8 nitrogen and oxygen atoms in total. The van der Waals surface area contributed by atoms with E-state index < -0.39 is 5.97 Å². The summed E-state index contributed by atoms with van der Waals surface area (Å²) in [5.41, 5.74) is 2.01. The molecule has 1 amide bonds. The normalized spacial score (nSPS) is 10.6. The first kappa shape index (κ1) is 19.1. The molecule has 0 saturated heterocycles. The van der Waals surface area contributed by atoms with Gasteiger partial charge in [-0.15, -0.1) is 16.4 Å². The van der Waals surface area contributed by atoms with Crippen molar-refractivity contribution in [3.05, 3.63) is 46.3 Å². The SMILES string of the molecule is COC(=O)c1c(NC(=O)CSc2nnnn2-c2ccccc2)sc(C)c1C. The molecule has 0 aliphatic carbocycles. The van der Waals surface area contributed by atoms with Crippen LogP contribution >= 0.6 is 23.1 Å². The fourth-order valence-corrected chi connectivity index (χ4v) is 4.11. The molecule has 3 rings (SSSR count). The highest BCUT2D eigenvalue weighted by atomic mass is 32.2. The minimum Gasteiger partial charge on any atom is -0.465 e. The first-order valence-electron chi connectivity index (χ1n) is 7.96. The molecule has 3 aromatic rings. The van der Waals surface area contributed by atoms with E-state index in [0.29, 0.717) is 15.7 Å². The summed E-state index contributed by atoms with van der Waals surface area (Å²) < 4.78 is 6.38. The first-order valence-corrected chi connectivity index (χ1v) is 9.76. The summed E-state index contributed by atoms with van der Waals surface area (Å²) in [5, 5.41) is 15.4. The van der Waals surface area contributed by atoms with E-state index in [1.165, 1.54) is 30.2 Å². The second-order valence-electron chi connectivity index (χ2n) is 5.52. The van der Waals surface area contributed by atoms with Gasteiger partial charge < -0.3 is 10.1 Å². The zero-order chi connectivity index (χ0) is 19.4. The number of methoxy groups -OCH3 is 1. The molecule has 1 aromatic carbocycles.